The normalized spacial score (nSPS) is 11.9. The van der Waals surface area contributed by atoms with Crippen LogP contribution in [0.15, 0.2) is 16.6 Å². The van der Waals surface area contributed by atoms with Gasteiger partial charge in [-0.2, -0.15) is 0 Å². The summed E-state index contributed by atoms with van der Waals surface area (Å²) in [6, 6.07) is 3.51. The van der Waals surface area contributed by atoms with Gasteiger partial charge in [0.05, 0.1) is 0 Å². The molecule has 16 heavy (non-hydrogen) atoms. The molecule has 0 aromatic heterocycles. The third-order valence-electron chi connectivity index (χ3n) is 2.46. The van der Waals surface area contributed by atoms with Crippen molar-refractivity contribution >= 4 is 28.7 Å². The second-order valence-electron chi connectivity index (χ2n) is 4.82. The van der Waals surface area contributed by atoms with Gasteiger partial charge in [-0.25, -0.2) is 4.39 Å². The molecule has 0 spiro atoms. The second-order valence-corrected chi connectivity index (χ2v) is 6.05. The summed E-state index contributed by atoms with van der Waals surface area (Å²) >= 11 is 7.27. The summed E-state index contributed by atoms with van der Waals surface area (Å²) in [6.45, 7) is 6.92. The minimum atomic E-state index is -0.150. The third kappa shape index (κ3) is 3.47. The molecule has 0 saturated carbocycles. The van der Waals surface area contributed by atoms with Crippen LogP contribution in [0.3, 0.4) is 0 Å². The monoisotopic (exact) mass is 305 g/mol. The summed E-state index contributed by atoms with van der Waals surface area (Å²) in [5, 5.41) is 0. The van der Waals surface area contributed by atoms with Crippen LogP contribution in [-0.4, -0.2) is 6.54 Å². The van der Waals surface area contributed by atoms with Crippen molar-refractivity contribution in [2.24, 2.45) is 0 Å². The third-order valence-corrected chi connectivity index (χ3v) is 3.14. The molecular weight excluding hydrogens is 289 g/mol. The van der Waals surface area contributed by atoms with Gasteiger partial charge < -0.3 is 0 Å². The molecule has 90 valence electrons. The lowest BCUT2D eigenvalue weighted by molar-refractivity contribution is 0.552. The smallest absolute Gasteiger partial charge is 0.127 e. The molecule has 0 bridgehead atoms. The Hall–Kier alpha value is -0.0600. The maximum atomic E-state index is 13.9. The van der Waals surface area contributed by atoms with E-state index in [-0.39, 0.29) is 11.2 Å². The van der Waals surface area contributed by atoms with E-state index in [0.29, 0.717) is 13.0 Å². The Morgan fingerprint density at radius 2 is 2.00 bits per heavy atom. The highest BCUT2D eigenvalue weighted by molar-refractivity contribution is 9.10. The van der Waals surface area contributed by atoms with Gasteiger partial charge in [0.25, 0.3) is 0 Å². The summed E-state index contributed by atoms with van der Waals surface area (Å²) in [6.07, 6.45) is 0.648. The van der Waals surface area contributed by atoms with Crippen molar-refractivity contribution in [3.63, 3.8) is 0 Å². The van der Waals surface area contributed by atoms with E-state index in [4.69, 9.17) is 0 Å². The highest BCUT2D eigenvalue weighted by Crippen LogP contribution is 2.30. The van der Waals surface area contributed by atoms with Crippen LogP contribution < -0.4 is 4.72 Å². The lowest BCUT2D eigenvalue weighted by Crippen LogP contribution is -2.18. The molecule has 0 fully saturated rings. The van der Waals surface area contributed by atoms with Gasteiger partial charge in [-0.1, -0.05) is 49.5 Å². The average molecular weight is 306 g/mol. The molecule has 0 saturated heterocycles. The predicted octanol–water partition coefficient (Wildman–Crippen LogP) is 3.86. The molecule has 1 nitrogen and oxygen atoms in total. The van der Waals surface area contributed by atoms with Crippen LogP contribution in [0, 0.1) is 5.82 Å². The number of nitrogens with one attached hydrogen (secondary N) is 1. The molecule has 0 heterocycles. The van der Waals surface area contributed by atoms with Crippen molar-refractivity contribution in [1.82, 2.24) is 4.72 Å². The molecule has 1 rings (SSSR count). The first-order chi connectivity index (χ1) is 7.36. The number of hydrogen-bond donors (Lipinski definition) is 2. The van der Waals surface area contributed by atoms with E-state index in [0.717, 1.165) is 15.6 Å². The van der Waals surface area contributed by atoms with Crippen LogP contribution in [0.4, 0.5) is 4.39 Å². The standard InChI is InChI=1S/C12H17BrFNS/c1-12(2,3)10-6-8(13)7-11(14)9(10)4-5-15-16/h6-7,15-16H,4-5H2,1-3H3. The van der Waals surface area contributed by atoms with Gasteiger partial charge in [0.2, 0.25) is 0 Å². The number of thiol groups is 1. The molecular formula is C12H17BrFNS. The van der Waals surface area contributed by atoms with Crippen molar-refractivity contribution in [2.45, 2.75) is 32.6 Å². The van der Waals surface area contributed by atoms with Gasteiger partial charge in [0, 0.05) is 11.0 Å². The van der Waals surface area contributed by atoms with E-state index in [1.54, 1.807) is 0 Å². The molecule has 4 heteroatoms. The zero-order chi connectivity index (χ0) is 12.3. The van der Waals surface area contributed by atoms with Crippen molar-refractivity contribution in [3.05, 3.63) is 33.5 Å². The van der Waals surface area contributed by atoms with E-state index in [1.807, 2.05) is 6.07 Å². The average Bonchev–Trinajstić information content (AvgIpc) is 2.14. The van der Waals surface area contributed by atoms with Gasteiger partial charge in [-0.05, 0) is 35.1 Å². The minimum Gasteiger partial charge on any atom is -0.266 e. The quantitative estimate of drug-likeness (QED) is 0.808. The van der Waals surface area contributed by atoms with Crippen LogP contribution in [0.5, 0.6) is 0 Å². The van der Waals surface area contributed by atoms with Gasteiger partial charge in [-0.3, -0.25) is 4.72 Å². The molecule has 0 aliphatic heterocycles. The van der Waals surface area contributed by atoms with Gasteiger partial charge in [-0.15, -0.1) is 0 Å². The molecule has 1 N–H and O–H groups in total. The Morgan fingerprint density at radius 3 is 2.50 bits per heavy atom. The first-order valence-corrected chi connectivity index (χ1v) is 6.45. The molecule has 0 aliphatic carbocycles. The van der Waals surface area contributed by atoms with Crippen LogP contribution in [-0.2, 0) is 11.8 Å². The molecule has 0 atom stereocenters. The highest BCUT2D eigenvalue weighted by atomic mass is 79.9. The zero-order valence-electron chi connectivity index (χ0n) is 9.77. The summed E-state index contributed by atoms with van der Waals surface area (Å²) < 4.78 is 17.4. The maximum Gasteiger partial charge on any atom is 0.127 e. The topological polar surface area (TPSA) is 12.0 Å². The Labute approximate surface area is 110 Å². The van der Waals surface area contributed by atoms with E-state index in [2.05, 4.69) is 54.2 Å². The summed E-state index contributed by atoms with van der Waals surface area (Å²) in [4.78, 5) is 0. The van der Waals surface area contributed by atoms with Gasteiger partial charge in [0.1, 0.15) is 5.82 Å². The molecule has 1 aromatic carbocycles. The van der Waals surface area contributed by atoms with Crippen LogP contribution in [0.1, 0.15) is 31.9 Å². The SMILES string of the molecule is CC(C)(C)c1cc(Br)cc(F)c1CCNS. The van der Waals surface area contributed by atoms with Gasteiger partial charge in [0.15, 0.2) is 0 Å². The fourth-order valence-electron chi connectivity index (χ4n) is 1.71. The second kappa shape index (κ2) is 5.52. The molecule has 0 aliphatic rings. The molecule has 0 radical (unpaired) electrons. The molecule has 0 amide bonds. The molecule has 1 aromatic rings. The Morgan fingerprint density at radius 1 is 1.38 bits per heavy atom. The maximum absolute atomic E-state index is 13.9. The first kappa shape index (κ1) is 14.0. The fraction of sp³-hybridized carbons (Fsp3) is 0.500. The van der Waals surface area contributed by atoms with Crippen LogP contribution >= 0.6 is 28.7 Å². The van der Waals surface area contributed by atoms with Crippen LogP contribution in [0.2, 0.25) is 0 Å². The van der Waals surface area contributed by atoms with Crippen molar-refractivity contribution in [1.29, 1.82) is 0 Å². The highest BCUT2D eigenvalue weighted by Gasteiger charge is 2.20. The summed E-state index contributed by atoms with van der Waals surface area (Å²) in [5.74, 6) is -0.150. The number of benzene rings is 1. The largest absolute Gasteiger partial charge is 0.266 e. The van der Waals surface area contributed by atoms with Crippen molar-refractivity contribution in [2.75, 3.05) is 6.54 Å². The van der Waals surface area contributed by atoms with E-state index in [9.17, 15) is 4.39 Å². The Bertz CT molecular complexity index is 374. The number of hydrogen-bond acceptors (Lipinski definition) is 2. The lowest BCUT2D eigenvalue weighted by Gasteiger charge is -2.24. The Kier molecular flexibility index (Phi) is 4.83. The number of halogens is 2. The first-order valence-electron chi connectivity index (χ1n) is 5.21. The molecule has 0 unspecified atom stereocenters. The Balaban J connectivity index is 3.21. The van der Waals surface area contributed by atoms with Crippen LogP contribution in [0.25, 0.3) is 0 Å². The number of rotatable bonds is 3. The van der Waals surface area contributed by atoms with Gasteiger partial charge >= 0.3 is 0 Å². The lowest BCUT2D eigenvalue weighted by atomic mass is 9.83. The summed E-state index contributed by atoms with van der Waals surface area (Å²) in [5.41, 5.74) is 1.76. The predicted molar refractivity (Wildman–Crippen MR) is 73.5 cm³/mol. The van der Waals surface area contributed by atoms with E-state index >= 15 is 0 Å². The van der Waals surface area contributed by atoms with Crippen molar-refractivity contribution < 1.29 is 4.39 Å². The fourth-order valence-corrected chi connectivity index (χ4v) is 2.25. The zero-order valence-corrected chi connectivity index (χ0v) is 12.3. The van der Waals surface area contributed by atoms with Crippen molar-refractivity contribution in [3.8, 4) is 0 Å². The minimum absolute atomic E-state index is 0.0590. The summed E-state index contributed by atoms with van der Waals surface area (Å²) in [7, 11) is 0. The van der Waals surface area contributed by atoms with E-state index in [1.165, 1.54) is 6.07 Å². The van der Waals surface area contributed by atoms with E-state index < -0.39 is 0 Å².